The van der Waals surface area contributed by atoms with Crippen molar-refractivity contribution in [3.8, 4) is 0 Å². The molecule has 1 aromatic rings. The first-order valence-electron chi connectivity index (χ1n) is 4.33. The minimum atomic E-state index is -3.27. The van der Waals surface area contributed by atoms with Crippen LogP contribution in [-0.2, 0) is 14.6 Å². The van der Waals surface area contributed by atoms with Crippen LogP contribution in [-0.4, -0.2) is 46.3 Å². The van der Waals surface area contributed by atoms with E-state index in [-0.39, 0.29) is 12.2 Å². The number of rotatable bonds is 5. The van der Waals surface area contributed by atoms with Crippen LogP contribution >= 0.6 is 0 Å². The lowest BCUT2D eigenvalue weighted by atomic mass is 10.2. The molecule has 0 aliphatic carbocycles. The van der Waals surface area contributed by atoms with Crippen LogP contribution in [0.5, 0.6) is 0 Å². The number of aromatic nitrogens is 3. The third-order valence-corrected chi connectivity index (χ3v) is 2.94. The van der Waals surface area contributed by atoms with Gasteiger partial charge in [0.1, 0.15) is 22.2 Å². The highest BCUT2D eigenvalue weighted by Gasteiger charge is 2.22. The number of sulfone groups is 1. The van der Waals surface area contributed by atoms with E-state index in [0.29, 0.717) is 0 Å². The normalized spacial score (nSPS) is 13.6. The Morgan fingerprint density at radius 1 is 1.69 bits per heavy atom. The molecule has 0 aliphatic heterocycles. The molecule has 0 aliphatic rings. The summed E-state index contributed by atoms with van der Waals surface area (Å²) in [6, 6.07) is -1.22. The van der Waals surface area contributed by atoms with Gasteiger partial charge in [-0.25, -0.2) is 23.1 Å². The Balaban J connectivity index is 2.90. The fourth-order valence-corrected chi connectivity index (χ4v) is 1.84. The Morgan fingerprint density at radius 3 is 2.69 bits per heavy atom. The maximum atomic E-state index is 11.1. The highest BCUT2D eigenvalue weighted by molar-refractivity contribution is 7.90. The van der Waals surface area contributed by atoms with E-state index in [1.165, 1.54) is 0 Å². The molecule has 16 heavy (non-hydrogen) atoms. The molecule has 0 aromatic carbocycles. The summed E-state index contributed by atoms with van der Waals surface area (Å²) < 4.78 is 22.7. The first-order chi connectivity index (χ1) is 7.31. The molecule has 9 heteroatoms. The van der Waals surface area contributed by atoms with E-state index in [1.807, 2.05) is 5.10 Å². The number of nitrogens with one attached hydrogen (secondary N) is 1. The van der Waals surface area contributed by atoms with Crippen molar-refractivity contribution in [3.63, 3.8) is 0 Å². The Morgan fingerprint density at radius 2 is 2.31 bits per heavy atom. The van der Waals surface area contributed by atoms with Crippen LogP contribution in [0.1, 0.15) is 12.5 Å². The SMILES string of the molecule is CS(=O)(=O)CCC(C(=O)O)n1cn[nH]c1=O. The zero-order valence-electron chi connectivity index (χ0n) is 8.45. The second kappa shape index (κ2) is 4.47. The van der Waals surface area contributed by atoms with Crippen molar-refractivity contribution >= 4 is 15.8 Å². The van der Waals surface area contributed by atoms with Crippen LogP contribution in [0.2, 0.25) is 0 Å². The highest BCUT2D eigenvalue weighted by Crippen LogP contribution is 2.09. The number of aromatic amines is 1. The predicted molar refractivity (Wildman–Crippen MR) is 53.8 cm³/mol. The number of carboxylic acid groups (broad SMARTS) is 1. The third kappa shape index (κ3) is 3.19. The second-order valence-corrected chi connectivity index (χ2v) is 5.60. The van der Waals surface area contributed by atoms with Gasteiger partial charge in [0.2, 0.25) is 0 Å². The van der Waals surface area contributed by atoms with Crippen molar-refractivity contribution in [1.82, 2.24) is 14.8 Å². The number of hydrogen-bond acceptors (Lipinski definition) is 5. The lowest BCUT2D eigenvalue weighted by molar-refractivity contribution is -0.141. The largest absolute Gasteiger partial charge is 0.480 e. The molecule has 0 radical (unpaired) electrons. The van der Waals surface area contributed by atoms with Gasteiger partial charge in [-0.1, -0.05) is 0 Å². The molecule has 2 N–H and O–H groups in total. The molecular formula is C7H11N3O5S. The van der Waals surface area contributed by atoms with E-state index in [0.717, 1.165) is 17.2 Å². The van der Waals surface area contributed by atoms with E-state index in [1.54, 1.807) is 0 Å². The average molecular weight is 249 g/mol. The van der Waals surface area contributed by atoms with Gasteiger partial charge in [-0.15, -0.1) is 0 Å². The molecule has 1 atom stereocenters. The molecular weight excluding hydrogens is 238 g/mol. The van der Waals surface area contributed by atoms with Crippen LogP contribution in [0.15, 0.2) is 11.1 Å². The van der Waals surface area contributed by atoms with Gasteiger partial charge in [0.15, 0.2) is 0 Å². The first kappa shape index (κ1) is 12.4. The lowest BCUT2D eigenvalue weighted by Gasteiger charge is -2.10. The highest BCUT2D eigenvalue weighted by atomic mass is 32.2. The van der Waals surface area contributed by atoms with E-state index in [2.05, 4.69) is 5.10 Å². The monoisotopic (exact) mass is 249 g/mol. The molecule has 0 bridgehead atoms. The van der Waals surface area contributed by atoms with E-state index >= 15 is 0 Å². The summed E-state index contributed by atoms with van der Waals surface area (Å²) in [6.45, 7) is 0. The van der Waals surface area contributed by atoms with Crippen LogP contribution in [0, 0.1) is 0 Å². The zero-order valence-corrected chi connectivity index (χ0v) is 9.27. The number of carboxylic acids is 1. The zero-order chi connectivity index (χ0) is 12.3. The van der Waals surface area contributed by atoms with Crippen molar-refractivity contribution < 1.29 is 18.3 Å². The predicted octanol–water partition coefficient (Wildman–Crippen LogP) is -1.37. The van der Waals surface area contributed by atoms with Crippen LogP contribution < -0.4 is 5.69 Å². The number of hydrogen-bond donors (Lipinski definition) is 2. The van der Waals surface area contributed by atoms with Crippen LogP contribution in [0.3, 0.4) is 0 Å². The minimum Gasteiger partial charge on any atom is -0.480 e. The maximum Gasteiger partial charge on any atom is 0.343 e. The summed E-state index contributed by atoms with van der Waals surface area (Å²) >= 11 is 0. The molecule has 90 valence electrons. The van der Waals surface area contributed by atoms with Crippen molar-refractivity contribution in [1.29, 1.82) is 0 Å². The van der Waals surface area contributed by atoms with Crippen molar-refractivity contribution in [2.24, 2.45) is 0 Å². The Bertz CT molecular complexity index is 528. The standard InChI is InChI=1S/C7H11N3O5S/c1-16(14,15)3-2-5(6(11)12)10-4-8-9-7(10)13/h4-5H,2-3H2,1H3,(H,9,13)(H,11,12). The molecule has 1 unspecified atom stereocenters. The quantitative estimate of drug-likeness (QED) is 0.664. The third-order valence-electron chi connectivity index (χ3n) is 1.96. The average Bonchev–Trinajstić information content (AvgIpc) is 2.50. The molecule has 1 rings (SSSR count). The molecule has 1 aromatic heterocycles. The van der Waals surface area contributed by atoms with Crippen molar-refractivity contribution in [2.45, 2.75) is 12.5 Å². The summed E-state index contributed by atoms with van der Waals surface area (Å²) in [5.41, 5.74) is -0.680. The Labute approximate surface area is 90.8 Å². The first-order valence-corrected chi connectivity index (χ1v) is 6.39. The van der Waals surface area contributed by atoms with Gasteiger partial charge < -0.3 is 5.11 Å². The topological polar surface area (TPSA) is 122 Å². The summed E-state index contributed by atoms with van der Waals surface area (Å²) in [7, 11) is -3.27. The molecule has 1 heterocycles. The van der Waals surface area contributed by atoms with Gasteiger partial charge >= 0.3 is 11.7 Å². The smallest absolute Gasteiger partial charge is 0.343 e. The second-order valence-electron chi connectivity index (χ2n) is 3.34. The molecule has 8 nitrogen and oxygen atoms in total. The fourth-order valence-electron chi connectivity index (χ4n) is 1.19. The van der Waals surface area contributed by atoms with Gasteiger partial charge in [-0.3, -0.25) is 4.57 Å². The molecule has 0 spiro atoms. The summed E-state index contributed by atoms with van der Waals surface area (Å²) in [6.07, 6.45) is 1.86. The molecule has 0 saturated carbocycles. The van der Waals surface area contributed by atoms with Crippen molar-refractivity contribution in [2.75, 3.05) is 12.0 Å². The number of H-pyrrole nitrogens is 1. The maximum absolute atomic E-state index is 11.1. The Kier molecular flexibility index (Phi) is 3.48. The van der Waals surface area contributed by atoms with Gasteiger partial charge in [0.05, 0.1) is 5.75 Å². The fraction of sp³-hybridized carbons (Fsp3) is 0.571. The summed E-state index contributed by atoms with van der Waals surface area (Å²) in [4.78, 5) is 22.0. The minimum absolute atomic E-state index is 0.173. The van der Waals surface area contributed by atoms with Crippen molar-refractivity contribution in [3.05, 3.63) is 16.8 Å². The van der Waals surface area contributed by atoms with E-state index < -0.39 is 27.5 Å². The van der Waals surface area contributed by atoms with Gasteiger partial charge in [0, 0.05) is 6.26 Å². The van der Waals surface area contributed by atoms with Gasteiger partial charge in [0.25, 0.3) is 0 Å². The summed E-state index contributed by atoms with van der Waals surface area (Å²) in [5, 5.41) is 14.3. The van der Waals surface area contributed by atoms with Crippen LogP contribution in [0.25, 0.3) is 0 Å². The molecule has 0 saturated heterocycles. The molecule has 0 fully saturated rings. The number of aliphatic carboxylic acids is 1. The molecule has 0 amide bonds. The summed E-state index contributed by atoms with van der Waals surface area (Å²) in [5.74, 6) is -1.58. The number of carbonyl (C=O) groups is 1. The van der Waals surface area contributed by atoms with Gasteiger partial charge in [-0.2, -0.15) is 5.10 Å². The van der Waals surface area contributed by atoms with Gasteiger partial charge in [-0.05, 0) is 6.42 Å². The lowest BCUT2D eigenvalue weighted by Crippen LogP contribution is -2.29. The van der Waals surface area contributed by atoms with E-state index in [4.69, 9.17) is 5.11 Å². The number of nitrogens with zero attached hydrogens (tertiary/aromatic N) is 2. The Hall–Kier alpha value is -1.64. The van der Waals surface area contributed by atoms with Crippen LogP contribution in [0.4, 0.5) is 0 Å². The van der Waals surface area contributed by atoms with E-state index in [9.17, 15) is 18.0 Å².